The summed E-state index contributed by atoms with van der Waals surface area (Å²) in [5.74, 6) is 0.0238. The highest BCUT2D eigenvalue weighted by atomic mass is 32.2. The van der Waals surface area contributed by atoms with Gasteiger partial charge in [0.25, 0.3) is 5.24 Å². The number of rotatable bonds is 7. The van der Waals surface area contributed by atoms with Gasteiger partial charge in [-0.3, -0.25) is 19.7 Å². The standard InChI is InChI=1S/C30H26N2O4S/c1-32(28(34)16-20-7-10-25-17-26(33)12-11-24(25)13-20)18-21-3-2-4-23(14-21)22-8-5-19(6-9-22)15-27-29(35)31-30(36)37-27/h2-14,17,27,33H,15-16,18H2,1H3,(H,31,35,36). The van der Waals surface area contributed by atoms with Crippen LogP contribution < -0.4 is 5.32 Å². The quantitative estimate of drug-likeness (QED) is 0.352. The van der Waals surface area contributed by atoms with Crippen molar-refractivity contribution in [1.29, 1.82) is 0 Å². The van der Waals surface area contributed by atoms with Gasteiger partial charge in [-0.2, -0.15) is 0 Å². The Morgan fingerprint density at radius 1 is 0.865 bits per heavy atom. The number of thioether (sulfide) groups is 1. The molecule has 0 saturated carbocycles. The van der Waals surface area contributed by atoms with Crippen molar-refractivity contribution in [3.05, 3.63) is 102 Å². The highest BCUT2D eigenvalue weighted by Crippen LogP contribution is 2.26. The molecule has 4 aromatic carbocycles. The first-order chi connectivity index (χ1) is 17.8. The first-order valence-corrected chi connectivity index (χ1v) is 12.9. The molecule has 186 valence electrons. The van der Waals surface area contributed by atoms with E-state index in [-0.39, 0.29) is 28.1 Å². The molecule has 1 fully saturated rings. The Morgan fingerprint density at radius 3 is 2.35 bits per heavy atom. The number of fused-ring (bicyclic) bond motifs is 1. The van der Waals surface area contributed by atoms with Crippen LogP contribution in [-0.4, -0.2) is 39.4 Å². The molecule has 1 aliphatic heterocycles. The molecular weight excluding hydrogens is 484 g/mol. The van der Waals surface area contributed by atoms with Gasteiger partial charge in [-0.05, 0) is 63.2 Å². The second-order valence-corrected chi connectivity index (χ2v) is 10.5. The maximum absolute atomic E-state index is 12.9. The topological polar surface area (TPSA) is 86.7 Å². The molecule has 1 heterocycles. The Kier molecular flexibility index (Phi) is 6.97. The van der Waals surface area contributed by atoms with Gasteiger partial charge in [0.15, 0.2) is 0 Å². The molecule has 7 heteroatoms. The van der Waals surface area contributed by atoms with Crippen LogP contribution in [0.2, 0.25) is 0 Å². The van der Waals surface area contributed by atoms with E-state index in [1.54, 1.807) is 17.0 Å². The Labute approximate surface area is 219 Å². The lowest BCUT2D eigenvalue weighted by Crippen LogP contribution is -2.27. The lowest BCUT2D eigenvalue weighted by molar-refractivity contribution is -0.129. The third kappa shape index (κ3) is 5.84. The molecule has 1 atom stereocenters. The molecule has 0 spiro atoms. The summed E-state index contributed by atoms with van der Waals surface area (Å²) in [5.41, 5.74) is 5.05. The molecule has 1 aliphatic rings. The number of hydrogen-bond acceptors (Lipinski definition) is 5. The van der Waals surface area contributed by atoms with Crippen LogP contribution in [0.1, 0.15) is 16.7 Å². The number of phenolic OH excluding ortho intramolecular Hbond substituents is 1. The van der Waals surface area contributed by atoms with Gasteiger partial charge in [0.05, 0.1) is 11.7 Å². The fourth-order valence-corrected chi connectivity index (χ4v) is 5.35. The molecule has 0 aromatic heterocycles. The van der Waals surface area contributed by atoms with Gasteiger partial charge >= 0.3 is 0 Å². The number of carbonyl (C=O) groups excluding carboxylic acids is 3. The summed E-state index contributed by atoms with van der Waals surface area (Å²) in [6.07, 6.45) is 0.812. The van der Waals surface area contributed by atoms with Crippen molar-refractivity contribution in [2.45, 2.75) is 24.6 Å². The van der Waals surface area contributed by atoms with Crippen LogP contribution >= 0.6 is 11.8 Å². The maximum Gasteiger partial charge on any atom is 0.286 e. The predicted octanol–water partition coefficient (Wildman–Crippen LogP) is 5.31. The van der Waals surface area contributed by atoms with Crippen LogP contribution in [0.5, 0.6) is 5.75 Å². The molecule has 1 saturated heterocycles. The molecule has 1 unspecified atom stereocenters. The Balaban J connectivity index is 1.22. The highest BCUT2D eigenvalue weighted by Gasteiger charge is 2.31. The highest BCUT2D eigenvalue weighted by molar-refractivity contribution is 8.15. The van der Waals surface area contributed by atoms with E-state index in [1.807, 2.05) is 73.8 Å². The van der Waals surface area contributed by atoms with E-state index in [2.05, 4.69) is 11.4 Å². The summed E-state index contributed by atoms with van der Waals surface area (Å²) >= 11 is 1.04. The minimum atomic E-state index is -0.377. The summed E-state index contributed by atoms with van der Waals surface area (Å²) in [4.78, 5) is 37.9. The van der Waals surface area contributed by atoms with Crippen LogP contribution in [0.3, 0.4) is 0 Å². The van der Waals surface area contributed by atoms with E-state index in [1.165, 1.54) is 0 Å². The zero-order chi connectivity index (χ0) is 25.9. The van der Waals surface area contributed by atoms with Crippen molar-refractivity contribution in [3.63, 3.8) is 0 Å². The number of benzene rings is 4. The van der Waals surface area contributed by atoms with E-state index < -0.39 is 0 Å². The van der Waals surface area contributed by atoms with E-state index in [9.17, 15) is 19.5 Å². The van der Waals surface area contributed by atoms with E-state index in [4.69, 9.17) is 0 Å². The first-order valence-electron chi connectivity index (χ1n) is 12.0. The Morgan fingerprint density at radius 2 is 1.59 bits per heavy atom. The number of amides is 3. The lowest BCUT2D eigenvalue weighted by atomic mass is 10.00. The summed E-state index contributed by atoms with van der Waals surface area (Å²) in [6.45, 7) is 0.494. The largest absolute Gasteiger partial charge is 0.508 e. The van der Waals surface area contributed by atoms with Gasteiger partial charge in [-0.15, -0.1) is 0 Å². The lowest BCUT2D eigenvalue weighted by Gasteiger charge is -2.18. The van der Waals surface area contributed by atoms with Gasteiger partial charge < -0.3 is 10.0 Å². The van der Waals surface area contributed by atoms with Crippen LogP contribution in [0.25, 0.3) is 21.9 Å². The number of phenols is 1. The predicted molar refractivity (Wildman–Crippen MR) is 146 cm³/mol. The van der Waals surface area contributed by atoms with Crippen LogP contribution in [0.4, 0.5) is 4.79 Å². The SMILES string of the molecule is CN(Cc1cccc(-c2ccc(CC3SC(=O)NC3=O)cc2)c1)C(=O)Cc1ccc2cc(O)ccc2c1. The molecular formula is C30H26N2O4S. The van der Waals surface area contributed by atoms with Crippen LogP contribution in [-0.2, 0) is 29.0 Å². The van der Waals surface area contributed by atoms with Gasteiger partial charge in [0.1, 0.15) is 5.75 Å². The normalized spacial score (nSPS) is 15.1. The average molecular weight is 511 g/mol. The number of nitrogens with one attached hydrogen (secondary N) is 1. The summed E-state index contributed by atoms with van der Waals surface area (Å²) in [5, 5.41) is 13.2. The maximum atomic E-state index is 12.9. The van der Waals surface area contributed by atoms with Gasteiger partial charge in [0.2, 0.25) is 11.8 Å². The molecule has 5 rings (SSSR count). The molecule has 37 heavy (non-hydrogen) atoms. The smallest absolute Gasteiger partial charge is 0.286 e. The van der Waals surface area contributed by atoms with Crippen LogP contribution in [0, 0.1) is 0 Å². The minimum absolute atomic E-state index is 0.0279. The third-order valence-electron chi connectivity index (χ3n) is 6.49. The van der Waals surface area contributed by atoms with Gasteiger partial charge in [0, 0.05) is 13.6 Å². The molecule has 0 aliphatic carbocycles. The average Bonchev–Trinajstić information content (AvgIpc) is 3.20. The van der Waals surface area contributed by atoms with Crippen molar-refractivity contribution in [3.8, 4) is 16.9 Å². The minimum Gasteiger partial charge on any atom is -0.508 e. The van der Waals surface area contributed by atoms with Crippen molar-refractivity contribution in [2.24, 2.45) is 0 Å². The number of hydrogen-bond donors (Lipinski definition) is 2. The van der Waals surface area contributed by atoms with Crippen molar-refractivity contribution >= 4 is 39.6 Å². The molecule has 0 bridgehead atoms. The third-order valence-corrected chi connectivity index (χ3v) is 7.47. The molecule has 4 aromatic rings. The van der Waals surface area contributed by atoms with Crippen LogP contribution in [0.15, 0.2) is 84.9 Å². The fraction of sp³-hybridized carbons (Fsp3) is 0.167. The second kappa shape index (κ2) is 10.5. The molecule has 0 radical (unpaired) electrons. The molecule has 6 nitrogen and oxygen atoms in total. The van der Waals surface area contributed by atoms with E-state index in [0.29, 0.717) is 19.4 Å². The van der Waals surface area contributed by atoms with Crippen molar-refractivity contribution in [1.82, 2.24) is 10.2 Å². The number of aromatic hydroxyl groups is 1. The van der Waals surface area contributed by atoms with Crippen molar-refractivity contribution in [2.75, 3.05) is 7.05 Å². The summed E-state index contributed by atoms with van der Waals surface area (Å²) in [7, 11) is 1.81. The second-order valence-electron chi connectivity index (χ2n) is 9.28. The first kappa shape index (κ1) is 24.6. The molecule has 2 N–H and O–H groups in total. The number of imide groups is 1. The molecule has 3 amide bonds. The number of nitrogens with zero attached hydrogens (tertiary/aromatic N) is 1. The summed E-state index contributed by atoms with van der Waals surface area (Å²) in [6, 6.07) is 27.2. The van der Waals surface area contributed by atoms with Gasteiger partial charge in [-0.1, -0.05) is 78.5 Å². The van der Waals surface area contributed by atoms with E-state index in [0.717, 1.165) is 50.4 Å². The fourth-order valence-electron chi connectivity index (χ4n) is 4.49. The Hall–Kier alpha value is -4.10. The van der Waals surface area contributed by atoms with Gasteiger partial charge in [-0.25, -0.2) is 0 Å². The monoisotopic (exact) mass is 510 g/mol. The van der Waals surface area contributed by atoms with Crippen molar-refractivity contribution < 1.29 is 19.5 Å². The zero-order valence-electron chi connectivity index (χ0n) is 20.3. The number of carbonyl (C=O) groups is 3. The summed E-state index contributed by atoms with van der Waals surface area (Å²) < 4.78 is 0. The van der Waals surface area contributed by atoms with E-state index >= 15 is 0 Å². The Bertz CT molecular complexity index is 1500. The zero-order valence-corrected chi connectivity index (χ0v) is 21.1. The number of likely N-dealkylation sites (N-methyl/N-ethyl adjacent to an activating group) is 1.